The average molecular weight is 329 g/mol. The fraction of sp³-hybridized carbons (Fsp3) is 0.353. The van der Waals surface area contributed by atoms with Crippen LogP contribution in [0.4, 0.5) is 5.82 Å². The van der Waals surface area contributed by atoms with Gasteiger partial charge in [-0.15, -0.1) is 0 Å². The van der Waals surface area contributed by atoms with Crippen molar-refractivity contribution in [1.82, 2.24) is 20.2 Å². The minimum atomic E-state index is -0.676. The van der Waals surface area contributed by atoms with Crippen LogP contribution in [-0.4, -0.2) is 58.2 Å². The van der Waals surface area contributed by atoms with Crippen molar-refractivity contribution in [3.63, 3.8) is 0 Å². The van der Waals surface area contributed by atoms with Gasteiger partial charge in [0.15, 0.2) is 0 Å². The van der Waals surface area contributed by atoms with Gasteiger partial charge >= 0.3 is 0 Å². The number of carbonyl (C=O) groups excluding carboxylic acids is 1. The molecule has 7 nitrogen and oxygen atoms in total. The lowest BCUT2D eigenvalue weighted by Crippen LogP contribution is -2.42. The second kappa shape index (κ2) is 8.37. The van der Waals surface area contributed by atoms with E-state index in [0.29, 0.717) is 6.54 Å². The van der Waals surface area contributed by atoms with Gasteiger partial charge in [-0.1, -0.05) is 25.3 Å². The Hall–Kier alpha value is -2.51. The van der Waals surface area contributed by atoms with Crippen LogP contribution in [0.2, 0.25) is 0 Å². The Morgan fingerprint density at radius 2 is 2.17 bits per heavy atom. The summed E-state index contributed by atoms with van der Waals surface area (Å²) in [6.07, 6.45) is 5.12. The number of nitrogens with one attached hydrogen (secondary N) is 1. The van der Waals surface area contributed by atoms with E-state index in [9.17, 15) is 9.90 Å². The van der Waals surface area contributed by atoms with E-state index < -0.39 is 6.10 Å². The highest BCUT2D eigenvalue weighted by Gasteiger charge is 2.19. The van der Waals surface area contributed by atoms with E-state index in [2.05, 4.69) is 33.3 Å². The number of aromatic nitrogens is 2. The zero-order valence-electron chi connectivity index (χ0n) is 13.6. The minimum Gasteiger partial charge on any atom is -0.390 e. The predicted octanol–water partition coefficient (Wildman–Crippen LogP) is 0.524. The van der Waals surface area contributed by atoms with Crippen LogP contribution in [0.25, 0.3) is 0 Å². The monoisotopic (exact) mass is 329 g/mol. The van der Waals surface area contributed by atoms with Gasteiger partial charge in [-0.25, -0.2) is 9.97 Å². The van der Waals surface area contributed by atoms with Gasteiger partial charge in [0.1, 0.15) is 17.8 Å². The van der Waals surface area contributed by atoms with Crippen molar-refractivity contribution in [1.29, 1.82) is 0 Å². The zero-order chi connectivity index (χ0) is 17.5. The molecule has 1 aliphatic rings. The van der Waals surface area contributed by atoms with E-state index in [4.69, 9.17) is 5.73 Å². The molecular weight excluding hydrogens is 306 g/mol. The summed E-state index contributed by atoms with van der Waals surface area (Å²) in [4.78, 5) is 21.7. The highest BCUT2D eigenvalue weighted by atomic mass is 16.3. The SMILES string of the molecule is C=CC1=C(C=C)CN(CC(O)CNC(=O)c2cc(N)ncn2)CC1. The van der Waals surface area contributed by atoms with E-state index in [-0.39, 0.29) is 24.0 Å². The molecule has 1 amide bonds. The van der Waals surface area contributed by atoms with Crippen LogP contribution in [0.3, 0.4) is 0 Å². The van der Waals surface area contributed by atoms with Crippen molar-refractivity contribution in [2.75, 3.05) is 31.9 Å². The van der Waals surface area contributed by atoms with Crippen molar-refractivity contribution >= 4 is 11.7 Å². The molecule has 0 aromatic carbocycles. The van der Waals surface area contributed by atoms with Crippen molar-refractivity contribution in [2.45, 2.75) is 12.5 Å². The fourth-order valence-corrected chi connectivity index (χ4v) is 2.61. The summed E-state index contributed by atoms with van der Waals surface area (Å²) in [6.45, 7) is 9.80. The maximum atomic E-state index is 12.0. The molecule has 2 rings (SSSR count). The highest BCUT2D eigenvalue weighted by molar-refractivity contribution is 5.92. The van der Waals surface area contributed by atoms with Gasteiger partial charge in [-0.05, 0) is 17.6 Å². The maximum absolute atomic E-state index is 12.0. The first-order valence-corrected chi connectivity index (χ1v) is 7.76. The average Bonchev–Trinajstić information content (AvgIpc) is 2.59. The molecule has 4 N–H and O–H groups in total. The molecule has 24 heavy (non-hydrogen) atoms. The summed E-state index contributed by atoms with van der Waals surface area (Å²) in [7, 11) is 0. The van der Waals surface area contributed by atoms with Gasteiger partial charge in [-0.3, -0.25) is 9.69 Å². The van der Waals surface area contributed by atoms with E-state index >= 15 is 0 Å². The van der Waals surface area contributed by atoms with Gasteiger partial charge < -0.3 is 16.2 Å². The number of carbonyl (C=O) groups is 1. The van der Waals surface area contributed by atoms with Gasteiger partial charge in [0, 0.05) is 32.2 Å². The highest BCUT2D eigenvalue weighted by Crippen LogP contribution is 2.19. The minimum absolute atomic E-state index is 0.140. The molecule has 0 aliphatic carbocycles. The van der Waals surface area contributed by atoms with Crippen LogP contribution in [0.1, 0.15) is 16.9 Å². The van der Waals surface area contributed by atoms with Gasteiger partial charge in [0.05, 0.1) is 6.10 Å². The standard InChI is InChI=1S/C17H23N5O2/c1-3-12-5-6-22(9-13(12)4-2)10-14(23)8-19-17(24)15-7-16(18)21-11-20-15/h3-4,7,11,14,23H,1-2,5-6,8-10H2,(H,19,24)(H2,18,20,21). The third-order valence-electron chi connectivity index (χ3n) is 3.88. The predicted molar refractivity (Wildman–Crippen MR) is 93.3 cm³/mol. The van der Waals surface area contributed by atoms with Crippen LogP contribution in [0, 0.1) is 0 Å². The molecule has 1 aliphatic heterocycles. The Kier molecular flexibility index (Phi) is 6.22. The molecule has 2 heterocycles. The molecule has 0 spiro atoms. The molecule has 128 valence electrons. The molecular formula is C17H23N5O2. The van der Waals surface area contributed by atoms with E-state index in [0.717, 1.165) is 25.1 Å². The number of rotatable bonds is 7. The third-order valence-corrected chi connectivity index (χ3v) is 3.88. The Balaban J connectivity index is 1.82. The largest absolute Gasteiger partial charge is 0.390 e. The number of hydrogen-bond donors (Lipinski definition) is 3. The number of anilines is 1. The summed E-state index contributed by atoms with van der Waals surface area (Å²) in [5, 5.41) is 12.8. The third kappa shape index (κ3) is 4.74. The molecule has 0 saturated carbocycles. The Labute approximate surface area is 141 Å². The Bertz CT molecular complexity index is 656. The summed E-state index contributed by atoms with van der Waals surface area (Å²) in [6, 6.07) is 1.39. The molecule has 1 aromatic heterocycles. The number of nitrogens with two attached hydrogens (primary N) is 1. The molecule has 1 aromatic rings. The second-order valence-electron chi connectivity index (χ2n) is 5.64. The number of nitrogens with zero attached hydrogens (tertiary/aromatic N) is 3. The quantitative estimate of drug-likeness (QED) is 0.674. The normalized spacial score (nSPS) is 16.5. The van der Waals surface area contributed by atoms with Crippen LogP contribution in [-0.2, 0) is 0 Å². The number of aliphatic hydroxyl groups is 1. The van der Waals surface area contributed by atoms with E-state index in [1.54, 1.807) is 0 Å². The van der Waals surface area contributed by atoms with Crippen LogP contribution in [0.15, 0.2) is 48.8 Å². The topological polar surface area (TPSA) is 104 Å². The lowest BCUT2D eigenvalue weighted by atomic mass is 10.00. The van der Waals surface area contributed by atoms with Crippen LogP contribution >= 0.6 is 0 Å². The molecule has 0 bridgehead atoms. The van der Waals surface area contributed by atoms with Crippen LogP contribution < -0.4 is 11.1 Å². The summed E-state index contributed by atoms with van der Waals surface area (Å²) in [5.74, 6) is -0.159. The van der Waals surface area contributed by atoms with E-state index in [1.807, 2.05) is 12.2 Å². The second-order valence-corrected chi connectivity index (χ2v) is 5.64. The number of aliphatic hydroxyl groups excluding tert-OH is 1. The van der Waals surface area contributed by atoms with Crippen molar-refractivity contribution in [2.24, 2.45) is 0 Å². The fourth-order valence-electron chi connectivity index (χ4n) is 2.61. The number of β-amino-alcohol motifs (C(OH)–C–C–N with tert-alkyl or cyclic N) is 1. The number of nitrogen functional groups attached to an aromatic ring is 1. The van der Waals surface area contributed by atoms with Gasteiger partial charge in [0.25, 0.3) is 5.91 Å². The first kappa shape index (κ1) is 17.8. The van der Waals surface area contributed by atoms with Crippen LogP contribution in [0.5, 0.6) is 0 Å². The first-order chi connectivity index (χ1) is 11.5. The summed E-state index contributed by atoms with van der Waals surface area (Å²) >= 11 is 0. The lowest BCUT2D eigenvalue weighted by Gasteiger charge is -2.30. The molecule has 0 radical (unpaired) electrons. The number of allylic oxidation sites excluding steroid dienone is 1. The van der Waals surface area contributed by atoms with Gasteiger partial charge in [-0.2, -0.15) is 0 Å². The first-order valence-electron chi connectivity index (χ1n) is 7.76. The van der Waals surface area contributed by atoms with Crippen molar-refractivity contribution in [3.8, 4) is 0 Å². The number of amides is 1. The van der Waals surface area contributed by atoms with E-state index in [1.165, 1.54) is 18.0 Å². The Morgan fingerprint density at radius 3 is 2.83 bits per heavy atom. The van der Waals surface area contributed by atoms with Crippen molar-refractivity contribution in [3.05, 3.63) is 54.5 Å². The number of hydrogen-bond acceptors (Lipinski definition) is 6. The zero-order valence-corrected chi connectivity index (χ0v) is 13.6. The Morgan fingerprint density at radius 1 is 1.42 bits per heavy atom. The summed E-state index contributed by atoms with van der Waals surface area (Å²) < 4.78 is 0. The van der Waals surface area contributed by atoms with Gasteiger partial charge in [0.2, 0.25) is 0 Å². The smallest absolute Gasteiger partial charge is 0.270 e. The lowest BCUT2D eigenvalue weighted by molar-refractivity contribution is 0.0861. The molecule has 0 fully saturated rings. The maximum Gasteiger partial charge on any atom is 0.270 e. The molecule has 0 saturated heterocycles. The molecule has 1 unspecified atom stereocenters. The summed E-state index contributed by atoms with van der Waals surface area (Å²) in [5.41, 5.74) is 8.03. The molecule has 1 atom stereocenters. The molecule has 7 heteroatoms. The van der Waals surface area contributed by atoms with Crippen molar-refractivity contribution < 1.29 is 9.90 Å².